The molecule has 2 aliphatic rings. The van der Waals surface area contributed by atoms with Crippen LogP contribution >= 0.6 is 0 Å². The Morgan fingerprint density at radius 3 is 2.53 bits per heavy atom. The molecule has 2 aliphatic heterocycles. The molecular weight excluding hydrogens is 412 g/mol. The molecule has 0 aliphatic carbocycles. The Balaban J connectivity index is 1.42. The van der Waals surface area contributed by atoms with Gasteiger partial charge in [-0.3, -0.25) is 19.8 Å². The van der Waals surface area contributed by atoms with E-state index in [9.17, 15) is 19.5 Å². The maximum atomic E-state index is 11.9. The lowest BCUT2D eigenvalue weighted by Gasteiger charge is -2.37. The molecule has 1 atom stereocenters. The Morgan fingerprint density at radius 2 is 1.97 bits per heavy atom. The van der Waals surface area contributed by atoms with Crippen molar-refractivity contribution in [3.05, 3.63) is 18.3 Å². The van der Waals surface area contributed by atoms with Crippen molar-refractivity contribution in [1.82, 2.24) is 20.1 Å². The first kappa shape index (κ1) is 23.8. The van der Waals surface area contributed by atoms with Crippen molar-refractivity contribution < 1.29 is 19.5 Å². The average molecular weight is 447 g/mol. The number of hydrogen-bond donors (Lipinski definition) is 3. The second kappa shape index (κ2) is 10.2. The zero-order valence-electron chi connectivity index (χ0n) is 19.1. The fourth-order valence-electron chi connectivity index (χ4n) is 4.06. The van der Waals surface area contributed by atoms with E-state index in [4.69, 9.17) is 0 Å². The van der Waals surface area contributed by atoms with Crippen LogP contribution in [0.1, 0.15) is 40.0 Å². The van der Waals surface area contributed by atoms with E-state index in [2.05, 4.69) is 25.4 Å². The van der Waals surface area contributed by atoms with Crippen molar-refractivity contribution in [3.63, 3.8) is 0 Å². The number of piperidine rings is 1. The van der Waals surface area contributed by atoms with Crippen LogP contribution in [0.4, 0.5) is 16.3 Å². The molecule has 0 saturated carbocycles. The number of carboxylic acid groups (broad SMARTS) is 1. The van der Waals surface area contributed by atoms with Crippen molar-refractivity contribution in [2.45, 2.75) is 51.6 Å². The molecule has 2 saturated heterocycles. The number of hydrogen-bond acceptors (Lipinski definition) is 7. The minimum absolute atomic E-state index is 0.228. The molecule has 1 unspecified atom stereocenters. The van der Waals surface area contributed by atoms with Gasteiger partial charge in [-0.05, 0) is 52.3 Å². The lowest BCUT2D eigenvalue weighted by Crippen LogP contribution is -2.49. The van der Waals surface area contributed by atoms with Crippen LogP contribution in [0.3, 0.4) is 0 Å². The second-order valence-electron chi connectivity index (χ2n) is 9.34. The summed E-state index contributed by atoms with van der Waals surface area (Å²) in [5, 5.41) is 14.9. The number of amides is 3. The third-order valence-corrected chi connectivity index (χ3v) is 5.92. The van der Waals surface area contributed by atoms with Crippen LogP contribution in [0, 0.1) is 0 Å². The largest absolute Gasteiger partial charge is 0.465 e. The van der Waals surface area contributed by atoms with E-state index in [-0.39, 0.29) is 11.8 Å². The number of rotatable bonds is 7. The number of imide groups is 1. The van der Waals surface area contributed by atoms with Crippen LogP contribution < -0.4 is 15.5 Å². The SMILES string of the molecule is CC(C)(C)N(CCCN1CCN(c2ccc(NC3CCC(=O)NC3=O)cn2)CC1)C(=O)O. The van der Waals surface area contributed by atoms with Gasteiger partial charge in [0.25, 0.3) is 0 Å². The van der Waals surface area contributed by atoms with Crippen LogP contribution in [0.5, 0.6) is 0 Å². The van der Waals surface area contributed by atoms with Gasteiger partial charge in [0.1, 0.15) is 11.9 Å². The van der Waals surface area contributed by atoms with Gasteiger partial charge in [-0.1, -0.05) is 0 Å². The minimum atomic E-state index is -0.871. The van der Waals surface area contributed by atoms with E-state index in [1.807, 2.05) is 32.9 Å². The molecule has 10 nitrogen and oxygen atoms in total. The van der Waals surface area contributed by atoms with Gasteiger partial charge in [0.15, 0.2) is 0 Å². The standard InChI is InChI=1S/C22H34N6O4/c1-22(2,3)28(21(31)32)10-4-9-26-11-13-27(14-12-26)18-7-5-16(15-23-18)24-17-6-8-19(29)25-20(17)30/h5,7,15,17,24H,4,6,8-14H2,1-3H3,(H,31,32)(H,25,29,30). The lowest BCUT2D eigenvalue weighted by atomic mass is 10.1. The third-order valence-electron chi connectivity index (χ3n) is 5.92. The van der Waals surface area contributed by atoms with Gasteiger partial charge < -0.3 is 20.2 Å². The molecule has 2 fully saturated rings. The van der Waals surface area contributed by atoms with Crippen LogP contribution in [-0.4, -0.2) is 88.6 Å². The first-order valence-corrected chi connectivity index (χ1v) is 11.2. The van der Waals surface area contributed by atoms with Crippen LogP contribution in [0.2, 0.25) is 0 Å². The van der Waals surface area contributed by atoms with Gasteiger partial charge in [0.05, 0.1) is 11.9 Å². The maximum absolute atomic E-state index is 11.9. The van der Waals surface area contributed by atoms with Crippen molar-refractivity contribution in [3.8, 4) is 0 Å². The van der Waals surface area contributed by atoms with E-state index in [0.717, 1.165) is 50.6 Å². The normalized spacial score (nSPS) is 20.1. The number of anilines is 2. The molecule has 10 heteroatoms. The summed E-state index contributed by atoms with van der Waals surface area (Å²) in [5.74, 6) is 0.368. The number of nitrogens with one attached hydrogen (secondary N) is 2. The van der Waals surface area contributed by atoms with Crippen molar-refractivity contribution in [2.75, 3.05) is 49.5 Å². The number of piperazine rings is 1. The van der Waals surface area contributed by atoms with Crippen molar-refractivity contribution >= 4 is 29.4 Å². The Morgan fingerprint density at radius 1 is 1.25 bits per heavy atom. The summed E-state index contributed by atoms with van der Waals surface area (Å²) in [6.07, 6.45) is 2.47. The van der Waals surface area contributed by atoms with Crippen LogP contribution in [-0.2, 0) is 9.59 Å². The highest BCUT2D eigenvalue weighted by atomic mass is 16.4. The maximum Gasteiger partial charge on any atom is 0.407 e. The second-order valence-corrected chi connectivity index (χ2v) is 9.34. The van der Waals surface area contributed by atoms with Gasteiger partial charge in [0.2, 0.25) is 11.8 Å². The smallest absolute Gasteiger partial charge is 0.407 e. The molecule has 1 aromatic heterocycles. The molecule has 32 heavy (non-hydrogen) atoms. The molecular formula is C22H34N6O4. The van der Waals surface area contributed by atoms with E-state index in [0.29, 0.717) is 19.4 Å². The quantitative estimate of drug-likeness (QED) is 0.541. The summed E-state index contributed by atoms with van der Waals surface area (Å²) < 4.78 is 0. The van der Waals surface area contributed by atoms with E-state index in [1.54, 1.807) is 6.20 Å². The fraction of sp³-hybridized carbons (Fsp3) is 0.636. The van der Waals surface area contributed by atoms with Gasteiger partial charge in [-0.25, -0.2) is 9.78 Å². The van der Waals surface area contributed by atoms with E-state index in [1.165, 1.54) is 4.90 Å². The summed E-state index contributed by atoms with van der Waals surface area (Å²) in [4.78, 5) is 45.2. The van der Waals surface area contributed by atoms with E-state index >= 15 is 0 Å². The highest BCUT2D eigenvalue weighted by Gasteiger charge is 2.27. The highest BCUT2D eigenvalue weighted by Crippen LogP contribution is 2.19. The first-order chi connectivity index (χ1) is 15.1. The van der Waals surface area contributed by atoms with Gasteiger partial charge in [-0.15, -0.1) is 0 Å². The molecule has 3 rings (SSSR count). The summed E-state index contributed by atoms with van der Waals surface area (Å²) in [6, 6.07) is 3.43. The monoisotopic (exact) mass is 446 g/mol. The minimum Gasteiger partial charge on any atom is -0.465 e. The van der Waals surface area contributed by atoms with Gasteiger partial charge in [0, 0.05) is 44.7 Å². The summed E-state index contributed by atoms with van der Waals surface area (Å²) in [5.41, 5.74) is 0.360. The molecule has 0 spiro atoms. The number of aromatic nitrogens is 1. The number of carbonyl (C=O) groups excluding carboxylic acids is 2. The summed E-state index contributed by atoms with van der Waals surface area (Å²) in [7, 11) is 0. The number of nitrogens with zero attached hydrogens (tertiary/aromatic N) is 4. The molecule has 3 N–H and O–H groups in total. The number of carbonyl (C=O) groups is 3. The number of pyridine rings is 1. The average Bonchev–Trinajstić information content (AvgIpc) is 2.73. The van der Waals surface area contributed by atoms with Crippen LogP contribution in [0.15, 0.2) is 18.3 Å². The predicted molar refractivity (Wildman–Crippen MR) is 122 cm³/mol. The molecule has 3 heterocycles. The van der Waals surface area contributed by atoms with Crippen molar-refractivity contribution in [1.29, 1.82) is 0 Å². The highest BCUT2D eigenvalue weighted by molar-refractivity contribution is 6.01. The zero-order chi connectivity index (χ0) is 23.3. The first-order valence-electron chi connectivity index (χ1n) is 11.2. The molecule has 176 valence electrons. The molecule has 0 radical (unpaired) electrons. The van der Waals surface area contributed by atoms with Gasteiger partial charge in [-0.2, -0.15) is 0 Å². The predicted octanol–water partition coefficient (Wildman–Crippen LogP) is 1.59. The Labute approximate surface area is 189 Å². The Kier molecular flexibility index (Phi) is 7.55. The van der Waals surface area contributed by atoms with Crippen LogP contribution in [0.25, 0.3) is 0 Å². The molecule has 0 bridgehead atoms. The zero-order valence-corrected chi connectivity index (χ0v) is 19.1. The summed E-state index contributed by atoms with van der Waals surface area (Å²) >= 11 is 0. The Bertz CT molecular complexity index is 815. The van der Waals surface area contributed by atoms with Gasteiger partial charge >= 0.3 is 6.09 Å². The van der Waals surface area contributed by atoms with E-state index < -0.39 is 17.7 Å². The van der Waals surface area contributed by atoms with Crippen molar-refractivity contribution in [2.24, 2.45) is 0 Å². The summed E-state index contributed by atoms with van der Waals surface area (Å²) in [6.45, 7) is 10.7. The molecule has 0 aromatic carbocycles. The Hall–Kier alpha value is -2.88. The lowest BCUT2D eigenvalue weighted by molar-refractivity contribution is -0.133. The molecule has 1 aromatic rings. The third kappa shape index (κ3) is 6.32. The fourth-order valence-corrected chi connectivity index (χ4v) is 4.06. The topological polar surface area (TPSA) is 118 Å². The molecule has 3 amide bonds.